The molecule has 0 spiro atoms. The van der Waals surface area contributed by atoms with Crippen molar-refractivity contribution in [2.45, 2.75) is 20.0 Å². The SMILES string of the molecule is Cc1ccc(C(F)(F)F)cc1NC(=O)c1c(-c2cn(C)nc2C)c2oc1cc2O. The van der Waals surface area contributed by atoms with Crippen molar-refractivity contribution in [1.29, 1.82) is 0 Å². The van der Waals surface area contributed by atoms with Crippen LogP contribution in [0.4, 0.5) is 18.9 Å². The second kappa shape index (κ2) is 6.26. The first-order chi connectivity index (χ1) is 13.6. The highest BCUT2D eigenvalue weighted by atomic mass is 19.4. The molecule has 1 amide bonds. The van der Waals surface area contributed by atoms with E-state index in [1.54, 1.807) is 31.8 Å². The van der Waals surface area contributed by atoms with Crippen molar-refractivity contribution in [2.75, 3.05) is 5.32 Å². The average molecular weight is 403 g/mol. The number of benzene rings is 2. The number of phenolic OH excluding ortho intramolecular Hbond substituents is 1. The molecule has 0 aliphatic rings. The van der Waals surface area contributed by atoms with E-state index in [9.17, 15) is 23.1 Å². The lowest BCUT2D eigenvalue weighted by Gasteiger charge is -2.13. The van der Waals surface area contributed by atoms with Gasteiger partial charge in [0.1, 0.15) is 5.58 Å². The first-order valence-electron chi connectivity index (χ1n) is 8.64. The molecule has 1 aromatic carbocycles. The molecule has 0 fully saturated rings. The van der Waals surface area contributed by atoms with Crippen LogP contribution in [0.1, 0.15) is 27.2 Å². The summed E-state index contributed by atoms with van der Waals surface area (Å²) >= 11 is 0. The van der Waals surface area contributed by atoms with Crippen molar-refractivity contribution in [1.82, 2.24) is 9.78 Å². The van der Waals surface area contributed by atoms with Gasteiger partial charge in [0.15, 0.2) is 11.3 Å². The molecular formula is C20H16F3N3O3. The monoisotopic (exact) mass is 403 g/mol. The van der Waals surface area contributed by atoms with Gasteiger partial charge < -0.3 is 14.8 Å². The van der Waals surface area contributed by atoms with Gasteiger partial charge in [-0.05, 0) is 31.5 Å². The van der Waals surface area contributed by atoms with Crippen LogP contribution < -0.4 is 5.32 Å². The van der Waals surface area contributed by atoms with Gasteiger partial charge in [0.25, 0.3) is 5.91 Å². The Hall–Kier alpha value is -3.49. The summed E-state index contributed by atoms with van der Waals surface area (Å²) in [4.78, 5) is 13.0. The Kier molecular flexibility index (Phi) is 4.07. The smallest absolute Gasteiger partial charge is 0.416 e. The Morgan fingerprint density at radius 3 is 2.59 bits per heavy atom. The van der Waals surface area contributed by atoms with E-state index in [2.05, 4.69) is 10.4 Å². The topological polar surface area (TPSA) is 80.3 Å². The molecule has 4 aromatic rings. The second-order valence-corrected chi connectivity index (χ2v) is 6.86. The number of aromatic hydroxyl groups is 1. The van der Waals surface area contributed by atoms with Crippen molar-refractivity contribution in [3.63, 3.8) is 0 Å². The Balaban J connectivity index is 1.79. The fourth-order valence-electron chi connectivity index (χ4n) is 3.37. The van der Waals surface area contributed by atoms with E-state index in [0.717, 1.165) is 12.1 Å². The fourth-order valence-corrected chi connectivity index (χ4v) is 3.37. The molecule has 6 nitrogen and oxygen atoms in total. The Bertz CT molecular complexity index is 1240. The molecule has 0 aliphatic carbocycles. The standard InChI is InChI=1S/C20H16F3N3O3/c1-9-4-5-11(20(21,22)23)6-13(9)24-19(28)17-15-7-14(27)18(29-15)16(17)12-8-26(3)25-10(12)2/h4-8,27H,1-3H3,(H,24,28). The minimum absolute atomic E-state index is 0.0427. The highest BCUT2D eigenvalue weighted by Gasteiger charge is 2.32. The van der Waals surface area contributed by atoms with Crippen molar-refractivity contribution in [2.24, 2.45) is 7.05 Å². The van der Waals surface area contributed by atoms with Gasteiger partial charge in [-0.15, -0.1) is 0 Å². The molecule has 29 heavy (non-hydrogen) atoms. The zero-order valence-corrected chi connectivity index (χ0v) is 15.7. The number of halogens is 3. The summed E-state index contributed by atoms with van der Waals surface area (Å²) in [5, 5.41) is 16.9. The number of anilines is 1. The normalized spacial score (nSPS) is 12.1. The van der Waals surface area contributed by atoms with E-state index in [1.807, 2.05) is 0 Å². The largest absolute Gasteiger partial charge is 0.504 e. The van der Waals surface area contributed by atoms with Crippen LogP contribution in [0, 0.1) is 13.8 Å². The zero-order chi connectivity index (χ0) is 21.1. The summed E-state index contributed by atoms with van der Waals surface area (Å²) in [5.74, 6) is -0.760. The number of furan rings is 2. The number of hydrogen-bond acceptors (Lipinski definition) is 4. The first-order valence-corrected chi connectivity index (χ1v) is 8.64. The van der Waals surface area contributed by atoms with Crippen molar-refractivity contribution < 1.29 is 27.5 Å². The van der Waals surface area contributed by atoms with Gasteiger partial charge in [-0.1, -0.05) is 6.07 Å². The summed E-state index contributed by atoms with van der Waals surface area (Å²) in [6.07, 6.45) is -2.85. The number of nitrogens with zero attached hydrogens (tertiary/aromatic N) is 2. The molecule has 150 valence electrons. The maximum Gasteiger partial charge on any atom is 0.416 e. The number of rotatable bonds is 3. The molecule has 0 atom stereocenters. The van der Waals surface area contributed by atoms with E-state index in [0.29, 0.717) is 22.4 Å². The van der Waals surface area contributed by atoms with E-state index < -0.39 is 17.6 Å². The van der Waals surface area contributed by atoms with Crippen LogP contribution in [-0.2, 0) is 13.2 Å². The number of hydrogen-bond donors (Lipinski definition) is 2. The molecule has 0 saturated carbocycles. The van der Waals surface area contributed by atoms with Gasteiger partial charge in [-0.25, -0.2) is 0 Å². The number of aryl methyl sites for hydroxylation is 3. The molecule has 0 aliphatic heterocycles. The number of carbonyl (C=O) groups excluding carboxylic acids is 1. The summed E-state index contributed by atoms with van der Waals surface area (Å²) < 4.78 is 46.2. The third-order valence-electron chi connectivity index (χ3n) is 4.76. The zero-order valence-electron chi connectivity index (χ0n) is 15.7. The van der Waals surface area contributed by atoms with Crippen LogP contribution in [0.5, 0.6) is 5.75 Å². The molecule has 3 heterocycles. The highest BCUT2D eigenvalue weighted by molar-refractivity contribution is 6.18. The van der Waals surface area contributed by atoms with Gasteiger partial charge in [-0.3, -0.25) is 9.48 Å². The summed E-state index contributed by atoms with van der Waals surface area (Å²) in [6, 6.07) is 4.45. The molecule has 2 bridgehead atoms. The quantitative estimate of drug-likeness (QED) is 0.512. The molecule has 2 N–H and O–H groups in total. The predicted octanol–water partition coefficient (Wildman–Crippen LogP) is 4.86. The minimum atomic E-state index is -4.53. The van der Waals surface area contributed by atoms with Crippen LogP contribution in [0.3, 0.4) is 0 Å². The van der Waals surface area contributed by atoms with Crippen LogP contribution >= 0.6 is 0 Å². The Morgan fingerprint density at radius 1 is 1.24 bits per heavy atom. The van der Waals surface area contributed by atoms with Gasteiger partial charge in [0, 0.05) is 36.1 Å². The number of fused-ring (bicyclic) bond motifs is 2. The maximum atomic E-state index is 13.0. The molecule has 0 unspecified atom stereocenters. The Morgan fingerprint density at radius 2 is 1.97 bits per heavy atom. The van der Waals surface area contributed by atoms with Crippen molar-refractivity contribution in [3.8, 4) is 16.9 Å². The molecule has 0 saturated heterocycles. The number of amides is 1. The fraction of sp³-hybridized carbons (Fsp3) is 0.200. The number of alkyl halides is 3. The van der Waals surface area contributed by atoms with E-state index >= 15 is 0 Å². The molecule has 9 heteroatoms. The van der Waals surface area contributed by atoms with Crippen molar-refractivity contribution >= 4 is 22.8 Å². The van der Waals surface area contributed by atoms with Gasteiger partial charge in [0.05, 0.1) is 16.8 Å². The highest BCUT2D eigenvalue weighted by Crippen LogP contribution is 2.44. The van der Waals surface area contributed by atoms with E-state index in [1.165, 1.54) is 12.1 Å². The molecule has 3 aromatic heterocycles. The number of aromatic nitrogens is 2. The molecular weight excluding hydrogens is 387 g/mol. The maximum absolute atomic E-state index is 13.0. The minimum Gasteiger partial charge on any atom is -0.504 e. The predicted molar refractivity (Wildman–Crippen MR) is 100 cm³/mol. The van der Waals surface area contributed by atoms with Crippen LogP contribution in [0.15, 0.2) is 34.9 Å². The van der Waals surface area contributed by atoms with Gasteiger partial charge in [0.2, 0.25) is 0 Å². The third kappa shape index (κ3) is 3.08. The van der Waals surface area contributed by atoms with Crippen LogP contribution in [0.25, 0.3) is 22.3 Å². The number of phenols is 1. The third-order valence-corrected chi connectivity index (χ3v) is 4.76. The van der Waals surface area contributed by atoms with E-state index in [-0.39, 0.29) is 28.2 Å². The second-order valence-electron chi connectivity index (χ2n) is 6.86. The van der Waals surface area contributed by atoms with Crippen molar-refractivity contribution in [3.05, 3.63) is 52.8 Å². The summed E-state index contributed by atoms with van der Waals surface area (Å²) in [5.41, 5.74) is 1.60. The molecule has 4 rings (SSSR count). The Labute approximate surface area is 162 Å². The van der Waals surface area contributed by atoms with E-state index in [4.69, 9.17) is 4.42 Å². The van der Waals surface area contributed by atoms with Gasteiger partial charge in [-0.2, -0.15) is 18.3 Å². The number of nitrogens with one attached hydrogen (secondary N) is 1. The van der Waals surface area contributed by atoms with Gasteiger partial charge >= 0.3 is 6.18 Å². The average Bonchev–Trinajstić information content (AvgIpc) is 3.26. The summed E-state index contributed by atoms with van der Waals surface area (Å²) in [6.45, 7) is 3.34. The van der Waals surface area contributed by atoms with Crippen LogP contribution in [-0.4, -0.2) is 20.8 Å². The van der Waals surface area contributed by atoms with Crippen LogP contribution in [0.2, 0.25) is 0 Å². The lowest BCUT2D eigenvalue weighted by atomic mass is 9.99. The lowest BCUT2D eigenvalue weighted by Crippen LogP contribution is -2.15. The number of carbonyl (C=O) groups is 1. The summed E-state index contributed by atoms with van der Waals surface area (Å²) in [7, 11) is 1.71. The molecule has 0 radical (unpaired) electrons. The lowest BCUT2D eigenvalue weighted by molar-refractivity contribution is -0.137. The first kappa shape index (κ1) is 18.9.